The Bertz CT molecular complexity index is 533. The van der Waals surface area contributed by atoms with E-state index in [9.17, 15) is 9.59 Å². The van der Waals surface area contributed by atoms with Gasteiger partial charge in [0.15, 0.2) is 0 Å². The molecule has 1 N–H and O–H groups in total. The highest BCUT2D eigenvalue weighted by Crippen LogP contribution is 2.25. The van der Waals surface area contributed by atoms with Gasteiger partial charge in [-0.1, -0.05) is 18.2 Å². The molecular formula is C16H22N2O4. The molecule has 0 radical (unpaired) electrons. The number of carbonyl (C=O) groups excluding carboxylic acids is 2. The van der Waals surface area contributed by atoms with Crippen molar-refractivity contribution in [3.05, 3.63) is 29.8 Å². The third-order valence-electron chi connectivity index (χ3n) is 3.92. The van der Waals surface area contributed by atoms with E-state index in [4.69, 9.17) is 4.74 Å². The van der Waals surface area contributed by atoms with Crippen LogP contribution in [0.5, 0.6) is 5.75 Å². The van der Waals surface area contributed by atoms with Crippen molar-refractivity contribution in [2.45, 2.75) is 25.3 Å². The minimum absolute atomic E-state index is 0.203. The van der Waals surface area contributed by atoms with Crippen molar-refractivity contribution in [2.24, 2.45) is 0 Å². The van der Waals surface area contributed by atoms with Crippen LogP contribution in [-0.4, -0.2) is 50.3 Å². The molecule has 2 rings (SSSR count). The molecule has 1 aromatic carbocycles. The number of methoxy groups -OCH3 is 2. The first-order valence-electron chi connectivity index (χ1n) is 7.37. The summed E-state index contributed by atoms with van der Waals surface area (Å²) in [5.41, 5.74) is 1.13. The number of nitrogens with zero attached hydrogens (tertiary/aromatic N) is 1. The fourth-order valence-electron chi connectivity index (χ4n) is 2.85. The first-order chi connectivity index (χ1) is 10.6. The molecule has 0 aromatic heterocycles. The van der Waals surface area contributed by atoms with Gasteiger partial charge in [-0.25, -0.2) is 4.79 Å². The van der Waals surface area contributed by atoms with Gasteiger partial charge in [0.1, 0.15) is 5.75 Å². The number of benzene rings is 1. The van der Waals surface area contributed by atoms with Crippen molar-refractivity contribution in [1.29, 1.82) is 0 Å². The van der Waals surface area contributed by atoms with Crippen LogP contribution < -0.4 is 10.1 Å². The molecule has 1 aliphatic heterocycles. The summed E-state index contributed by atoms with van der Waals surface area (Å²) in [6.07, 6.45) is 2.19. The van der Waals surface area contributed by atoms with E-state index in [0.717, 1.165) is 37.1 Å². The van der Waals surface area contributed by atoms with Gasteiger partial charge in [0, 0.05) is 6.04 Å². The zero-order chi connectivity index (χ0) is 15.9. The summed E-state index contributed by atoms with van der Waals surface area (Å²) in [5.74, 6) is 0.534. The van der Waals surface area contributed by atoms with E-state index >= 15 is 0 Å². The summed E-state index contributed by atoms with van der Waals surface area (Å²) < 4.78 is 9.81. The average molecular weight is 306 g/mol. The molecular weight excluding hydrogens is 284 g/mol. The Kier molecular flexibility index (Phi) is 5.77. The number of alkyl carbamates (subject to hydrolysis) is 1. The van der Waals surface area contributed by atoms with Gasteiger partial charge < -0.3 is 9.47 Å². The minimum Gasteiger partial charge on any atom is -0.496 e. The van der Waals surface area contributed by atoms with Gasteiger partial charge in [0.05, 0.1) is 20.8 Å². The third kappa shape index (κ3) is 4.21. The largest absolute Gasteiger partial charge is 0.496 e. The highest BCUT2D eigenvalue weighted by atomic mass is 16.5. The van der Waals surface area contributed by atoms with Gasteiger partial charge in [-0.2, -0.15) is 0 Å². The highest BCUT2D eigenvalue weighted by Gasteiger charge is 2.27. The van der Waals surface area contributed by atoms with Gasteiger partial charge >= 0.3 is 6.09 Å². The lowest BCUT2D eigenvalue weighted by Crippen LogP contribution is -2.42. The summed E-state index contributed by atoms with van der Waals surface area (Å²) in [6, 6.07) is 8.20. The number of hydrogen-bond acceptors (Lipinski definition) is 5. The molecule has 22 heavy (non-hydrogen) atoms. The Morgan fingerprint density at radius 2 is 2.09 bits per heavy atom. The quantitative estimate of drug-likeness (QED) is 0.894. The highest BCUT2D eigenvalue weighted by molar-refractivity contribution is 5.92. The molecule has 0 aliphatic carbocycles. The predicted molar refractivity (Wildman–Crippen MR) is 81.8 cm³/mol. The molecule has 0 bridgehead atoms. The summed E-state index contributed by atoms with van der Waals surface area (Å²) in [6.45, 7) is 1.06. The Morgan fingerprint density at radius 3 is 2.82 bits per heavy atom. The summed E-state index contributed by atoms with van der Waals surface area (Å²) in [7, 11) is 2.90. The van der Waals surface area contributed by atoms with Gasteiger partial charge in [0.25, 0.3) is 0 Å². The second kappa shape index (κ2) is 7.79. The van der Waals surface area contributed by atoms with Crippen LogP contribution >= 0.6 is 0 Å². The van der Waals surface area contributed by atoms with Crippen LogP contribution in [0.4, 0.5) is 4.79 Å². The van der Waals surface area contributed by atoms with Crippen molar-refractivity contribution in [3.8, 4) is 5.75 Å². The molecule has 120 valence electrons. The molecule has 1 heterocycles. The number of imide groups is 1. The molecule has 1 aliphatic rings. The number of carbonyl (C=O) groups is 2. The Labute approximate surface area is 130 Å². The normalized spacial score (nSPS) is 18.0. The number of rotatable bonds is 5. The summed E-state index contributed by atoms with van der Waals surface area (Å²) in [5, 5.41) is 2.20. The van der Waals surface area contributed by atoms with Gasteiger partial charge in [-0.3, -0.25) is 15.0 Å². The van der Waals surface area contributed by atoms with Crippen LogP contribution in [0.15, 0.2) is 24.3 Å². The minimum atomic E-state index is -0.717. The van der Waals surface area contributed by atoms with Crippen molar-refractivity contribution in [1.82, 2.24) is 10.2 Å². The molecule has 2 amide bonds. The number of nitrogens with one attached hydrogen (secondary N) is 1. The van der Waals surface area contributed by atoms with Crippen molar-refractivity contribution in [3.63, 3.8) is 0 Å². The molecule has 1 aromatic rings. The maximum absolute atomic E-state index is 11.8. The second-order valence-electron chi connectivity index (χ2n) is 5.32. The molecule has 1 atom stereocenters. The summed E-state index contributed by atoms with van der Waals surface area (Å²) >= 11 is 0. The fraction of sp³-hybridized carbons (Fsp3) is 0.500. The van der Waals surface area contributed by atoms with Crippen LogP contribution in [0.2, 0.25) is 0 Å². The molecule has 1 saturated heterocycles. The van der Waals surface area contributed by atoms with Gasteiger partial charge in [-0.15, -0.1) is 0 Å². The van der Waals surface area contributed by atoms with Crippen LogP contribution in [0.3, 0.4) is 0 Å². The average Bonchev–Trinajstić information content (AvgIpc) is 2.94. The van der Waals surface area contributed by atoms with E-state index in [1.807, 2.05) is 24.3 Å². The fourth-order valence-corrected chi connectivity index (χ4v) is 2.85. The van der Waals surface area contributed by atoms with Gasteiger partial charge in [-0.05, 0) is 37.4 Å². The maximum atomic E-state index is 11.8. The van der Waals surface area contributed by atoms with Crippen molar-refractivity contribution >= 4 is 12.0 Å². The van der Waals surface area contributed by atoms with E-state index in [2.05, 4.69) is 15.0 Å². The first kappa shape index (κ1) is 16.3. The number of ether oxygens (including phenoxy) is 2. The topological polar surface area (TPSA) is 67.9 Å². The molecule has 1 unspecified atom stereocenters. The van der Waals surface area contributed by atoms with Crippen molar-refractivity contribution in [2.75, 3.05) is 27.3 Å². The Hall–Kier alpha value is -2.08. The number of amides is 2. The van der Waals surface area contributed by atoms with E-state index in [-0.39, 0.29) is 18.5 Å². The van der Waals surface area contributed by atoms with Crippen LogP contribution in [0.25, 0.3) is 0 Å². The second-order valence-corrected chi connectivity index (χ2v) is 5.32. The maximum Gasteiger partial charge on any atom is 0.413 e. The predicted octanol–water partition coefficient (Wildman–Crippen LogP) is 1.58. The number of para-hydroxylation sites is 1. The lowest BCUT2D eigenvalue weighted by molar-refractivity contribution is -0.121. The number of hydrogen-bond donors (Lipinski definition) is 1. The summed E-state index contributed by atoms with van der Waals surface area (Å²) in [4.78, 5) is 25.0. The zero-order valence-electron chi connectivity index (χ0n) is 13.0. The SMILES string of the molecule is COC(=O)NC(=O)CN1CCCC1Cc1ccccc1OC. The number of likely N-dealkylation sites (tertiary alicyclic amines) is 1. The Morgan fingerprint density at radius 1 is 1.32 bits per heavy atom. The van der Waals surface area contributed by atoms with E-state index in [1.165, 1.54) is 7.11 Å². The molecule has 0 saturated carbocycles. The van der Waals surface area contributed by atoms with E-state index < -0.39 is 6.09 Å². The van der Waals surface area contributed by atoms with Crippen LogP contribution in [-0.2, 0) is 16.0 Å². The van der Waals surface area contributed by atoms with Crippen molar-refractivity contribution < 1.29 is 19.1 Å². The van der Waals surface area contributed by atoms with Crippen LogP contribution in [0.1, 0.15) is 18.4 Å². The zero-order valence-corrected chi connectivity index (χ0v) is 13.0. The smallest absolute Gasteiger partial charge is 0.413 e. The molecule has 1 fully saturated rings. The van der Waals surface area contributed by atoms with E-state index in [0.29, 0.717) is 0 Å². The Balaban J connectivity index is 1.96. The molecule has 0 spiro atoms. The van der Waals surface area contributed by atoms with Crippen LogP contribution in [0, 0.1) is 0 Å². The monoisotopic (exact) mass is 306 g/mol. The van der Waals surface area contributed by atoms with E-state index in [1.54, 1.807) is 7.11 Å². The molecule has 6 heteroatoms. The first-order valence-corrected chi connectivity index (χ1v) is 7.37. The lowest BCUT2D eigenvalue weighted by Gasteiger charge is -2.24. The molecule has 6 nitrogen and oxygen atoms in total. The standard InChI is InChI=1S/C16H22N2O4/c1-21-14-8-4-3-6-12(14)10-13-7-5-9-18(13)11-15(19)17-16(20)22-2/h3-4,6,8,13H,5,7,9-11H2,1-2H3,(H,17,19,20). The van der Waals surface area contributed by atoms with Gasteiger partial charge in [0.2, 0.25) is 5.91 Å². The third-order valence-corrected chi connectivity index (χ3v) is 3.92. The lowest BCUT2D eigenvalue weighted by atomic mass is 10.0.